The number of hydrogen-bond acceptors (Lipinski definition) is 3. The SMILES string of the molecule is CC(CC(C)C)=NNC(=O)COc1ccc2ccccc2c1Br. The quantitative estimate of drug-likeness (QED) is 0.595. The molecule has 0 aliphatic heterocycles. The minimum Gasteiger partial charge on any atom is -0.483 e. The van der Waals surface area contributed by atoms with Crippen LogP contribution >= 0.6 is 15.9 Å². The van der Waals surface area contributed by atoms with Crippen LogP contribution in [0.1, 0.15) is 27.2 Å². The first-order valence-electron chi connectivity index (χ1n) is 7.59. The van der Waals surface area contributed by atoms with Crippen LogP contribution in [0, 0.1) is 5.92 Å². The minimum absolute atomic E-state index is 0.0740. The molecule has 0 aliphatic carbocycles. The maximum absolute atomic E-state index is 11.8. The summed E-state index contributed by atoms with van der Waals surface area (Å²) in [5, 5.41) is 6.24. The Labute approximate surface area is 145 Å². The molecule has 1 N–H and O–H groups in total. The van der Waals surface area contributed by atoms with E-state index in [4.69, 9.17) is 4.74 Å². The number of ether oxygens (including phenoxy) is 1. The zero-order chi connectivity index (χ0) is 16.8. The van der Waals surface area contributed by atoms with Crippen molar-refractivity contribution >= 4 is 38.3 Å². The highest BCUT2D eigenvalue weighted by Gasteiger charge is 2.08. The highest BCUT2D eigenvalue weighted by atomic mass is 79.9. The number of nitrogens with zero attached hydrogens (tertiary/aromatic N) is 1. The zero-order valence-electron chi connectivity index (χ0n) is 13.6. The molecule has 0 atom stereocenters. The molecule has 0 aromatic heterocycles. The van der Waals surface area contributed by atoms with E-state index in [1.54, 1.807) is 0 Å². The number of carbonyl (C=O) groups excluding carboxylic acids is 1. The van der Waals surface area contributed by atoms with Crippen molar-refractivity contribution < 1.29 is 9.53 Å². The fraction of sp³-hybridized carbons (Fsp3) is 0.333. The Kier molecular flexibility index (Phi) is 6.16. The molecule has 0 saturated heterocycles. The Hall–Kier alpha value is -1.88. The molecule has 0 bridgehead atoms. The normalized spacial score (nSPS) is 11.8. The summed E-state index contributed by atoms with van der Waals surface area (Å²) in [7, 11) is 0. The number of fused-ring (bicyclic) bond motifs is 1. The van der Waals surface area contributed by atoms with E-state index in [2.05, 4.69) is 40.3 Å². The molecule has 122 valence electrons. The Morgan fingerprint density at radius 3 is 2.74 bits per heavy atom. The second-order valence-corrected chi connectivity index (χ2v) is 6.66. The number of rotatable bonds is 6. The molecule has 2 aromatic rings. The van der Waals surface area contributed by atoms with Crippen LogP contribution in [0.15, 0.2) is 46.0 Å². The van der Waals surface area contributed by atoms with Gasteiger partial charge < -0.3 is 4.74 Å². The van der Waals surface area contributed by atoms with E-state index in [1.165, 1.54) is 0 Å². The van der Waals surface area contributed by atoms with E-state index >= 15 is 0 Å². The predicted molar refractivity (Wildman–Crippen MR) is 97.8 cm³/mol. The van der Waals surface area contributed by atoms with E-state index in [1.807, 2.05) is 43.3 Å². The van der Waals surface area contributed by atoms with Gasteiger partial charge in [0.05, 0.1) is 4.47 Å². The third-order valence-corrected chi connectivity index (χ3v) is 4.08. The van der Waals surface area contributed by atoms with Crippen LogP contribution in [0.25, 0.3) is 10.8 Å². The second kappa shape index (κ2) is 8.11. The lowest BCUT2D eigenvalue weighted by molar-refractivity contribution is -0.123. The monoisotopic (exact) mass is 376 g/mol. The molecule has 0 aliphatic rings. The summed E-state index contributed by atoms with van der Waals surface area (Å²) in [6, 6.07) is 11.8. The number of amides is 1. The summed E-state index contributed by atoms with van der Waals surface area (Å²) in [5.41, 5.74) is 3.43. The maximum atomic E-state index is 11.8. The van der Waals surface area contributed by atoms with Crippen LogP contribution in [0.3, 0.4) is 0 Å². The Morgan fingerprint density at radius 2 is 2.00 bits per heavy atom. The van der Waals surface area contributed by atoms with Crippen molar-refractivity contribution in [2.24, 2.45) is 11.0 Å². The largest absolute Gasteiger partial charge is 0.483 e. The van der Waals surface area contributed by atoms with Gasteiger partial charge in [0.15, 0.2) is 6.61 Å². The molecule has 0 saturated carbocycles. The van der Waals surface area contributed by atoms with Crippen molar-refractivity contribution in [3.8, 4) is 5.75 Å². The van der Waals surface area contributed by atoms with Crippen LogP contribution in [-0.2, 0) is 4.79 Å². The van der Waals surface area contributed by atoms with Gasteiger partial charge >= 0.3 is 0 Å². The minimum atomic E-state index is -0.270. The summed E-state index contributed by atoms with van der Waals surface area (Å²) in [6.07, 6.45) is 0.858. The first-order valence-corrected chi connectivity index (χ1v) is 8.38. The summed E-state index contributed by atoms with van der Waals surface area (Å²) < 4.78 is 6.44. The number of carbonyl (C=O) groups is 1. The number of benzene rings is 2. The summed E-state index contributed by atoms with van der Waals surface area (Å²) >= 11 is 3.54. The van der Waals surface area contributed by atoms with E-state index in [0.29, 0.717) is 11.7 Å². The first kappa shape index (κ1) is 17.5. The molecule has 4 nitrogen and oxygen atoms in total. The molecule has 0 unspecified atom stereocenters. The Bertz CT molecular complexity index is 726. The van der Waals surface area contributed by atoms with Crippen molar-refractivity contribution in [3.63, 3.8) is 0 Å². The molecule has 2 rings (SSSR count). The molecule has 1 amide bonds. The highest BCUT2D eigenvalue weighted by molar-refractivity contribution is 9.10. The van der Waals surface area contributed by atoms with Gasteiger partial charge in [0.2, 0.25) is 0 Å². The molecule has 0 fully saturated rings. The molecular weight excluding hydrogens is 356 g/mol. The lowest BCUT2D eigenvalue weighted by Crippen LogP contribution is -2.25. The summed E-state index contributed by atoms with van der Waals surface area (Å²) in [6.45, 7) is 6.05. The topological polar surface area (TPSA) is 50.7 Å². The van der Waals surface area contributed by atoms with Crippen LogP contribution < -0.4 is 10.2 Å². The first-order chi connectivity index (χ1) is 11.0. The lowest BCUT2D eigenvalue weighted by Gasteiger charge is -2.10. The van der Waals surface area contributed by atoms with Crippen molar-refractivity contribution in [2.45, 2.75) is 27.2 Å². The molecule has 2 aromatic carbocycles. The average molecular weight is 377 g/mol. The van der Waals surface area contributed by atoms with Crippen LogP contribution in [0.4, 0.5) is 0 Å². The van der Waals surface area contributed by atoms with E-state index in [-0.39, 0.29) is 12.5 Å². The average Bonchev–Trinajstić information content (AvgIpc) is 2.52. The van der Waals surface area contributed by atoms with Crippen molar-refractivity contribution in [3.05, 3.63) is 40.9 Å². The molecular formula is C18H21BrN2O2. The molecule has 0 radical (unpaired) electrons. The van der Waals surface area contributed by atoms with Crippen LogP contribution in [0.2, 0.25) is 0 Å². The third-order valence-electron chi connectivity index (χ3n) is 3.26. The number of hydrazone groups is 1. The number of nitrogens with one attached hydrogen (secondary N) is 1. The maximum Gasteiger partial charge on any atom is 0.277 e. The third kappa shape index (κ3) is 5.06. The van der Waals surface area contributed by atoms with Crippen molar-refractivity contribution in [2.75, 3.05) is 6.61 Å². The van der Waals surface area contributed by atoms with Gasteiger partial charge in [-0.2, -0.15) is 5.10 Å². The summed E-state index contributed by atoms with van der Waals surface area (Å²) in [5.74, 6) is 0.885. The van der Waals surface area contributed by atoms with E-state index in [0.717, 1.165) is 27.4 Å². The summed E-state index contributed by atoms with van der Waals surface area (Å²) in [4.78, 5) is 11.8. The number of halogens is 1. The highest BCUT2D eigenvalue weighted by Crippen LogP contribution is 2.32. The standard InChI is InChI=1S/C18H21BrN2O2/c1-12(2)10-13(3)20-21-17(22)11-23-16-9-8-14-6-4-5-7-15(14)18(16)19/h4-9,12H,10-11H2,1-3H3,(H,21,22). The van der Waals surface area contributed by atoms with Crippen LogP contribution in [0.5, 0.6) is 5.75 Å². The zero-order valence-corrected chi connectivity index (χ0v) is 15.2. The van der Waals surface area contributed by atoms with Gasteiger partial charge in [0.1, 0.15) is 5.75 Å². The lowest BCUT2D eigenvalue weighted by atomic mass is 10.1. The fourth-order valence-corrected chi connectivity index (χ4v) is 2.90. The molecule has 5 heteroatoms. The van der Waals surface area contributed by atoms with Crippen molar-refractivity contribution in [1.29, 1.82) is 0 Å². The van der Waals surface area contributed by atoms with Gasteiger partial charge in [-0.05, 0) is 52.0 Å². The number of hydrogen-bond donors (Lipinski definition) is 1. The van der Waals surface area contributed by atoms with Gasteiger partial charge in [-0.1, -0.05) is 44.2 Å². The van der Waals surface area contributed by atoms with Gasteiger partial charge in [-0.25, -0.2) is 5.43 Å². The Balaban J connectivity index is 1.96. The predicted octanol–water partition coefficient (Wildman–Crippen LogP) is 4.52. The van der Waals surface area contributed by atoms with E-state index < -0.39 is 0 Å². The molecule has 0 spiro atoms. The van der Waals surface area contributed by atoms with Gasteiger partial charge in [0, 0.05) is 5.71 Å². The van der Waals surface area contributed by atoms with E-state index in [9.17, 15) is 4.79 Å². The molecule has 23 heavy (non-hydrogen) atoms. The Morgan fingerprint density at radius 1 is 1.26 bits per heavy atom. The van der Waals surface area contributed by atoms with Crippen molar-refractivity contribution in [1.82, 2.24) is 5.43 Å². The van der Waals surface area contributed by atoms with Gasteiger partial charge in [0.25, 0.3) is 5.91 Å². The van der Waals surface area contributed by atoms with Gasteiger partial charge in [-0.15, -0.1) is 0 Å². The smallest absolute Gasteiger partial charge is 0.277 e. The van der Waals surface area contributed by atoms with Gasteiger partial charge in [-0.3, -0.25) is 4.79 Å². The second-order valence-electron chi connectivity index (χ2n) is 5.87. The van der Waals surface area contributed by atoms with Crippen LogP contribution in [-0.4, -0.2) is 18.2 Å². The fourth-order valence-electron chi connectivity index (χ4n) is 2.29. The molecule has 0 heterocycles.